The van der Waals surface area contributed by atoms with E-state index in [9.17, 15) is 14.9 Å². The van der Waals surface area contributed by atoms with Gasteiger partial charge in [0.1, 0.15) is 0 Å². The molecule has 3 aromatic rings. The maximum atomic E-state index is 12.7. The fraction of sp³-hybridized carbons (Fsp3) is 0.273. The first kappa shape index (κ1) is 21.2. The van der Waals surface area contributed by atoms with Crippen LogP contribution < -0.4 is 10.2 Å². The summed E-state index contributed by atoms with van der Waals surface area (Å²) in [4.78, 5) is 32.1. The van der Waals surface area contributed by atoms with Crippen LogP contribution in [0.4, 0.5) is 17.1 Å². The monoisotopic (exact) mass is 483 g/mol. The van der Waals surface area contributed by atoms with E-state index in [-0.39, 0.29) is 22.6 Å². The van der Waals surface area contributed by atoms with Crippen LogP contribution in [-0.4, -0.2) is 52.9 Å². The number of benzene rings is 2. The van der Waals surface area contributed by atoms with Crippen molar-refractivity contribution in [2.45, 2.75) is 13.0 Å². The zero-order valence-corrected chi connectivity index (χ0v) is 18.6. The minimum absolute atomic E-state index is 0.0431. The molecule has 4 rings (SSSR count). The number of nitro benzene ring substituents is 1. The molecule has 1 aliphatic rings. The molecule has 0 bridgehead atoms. The van der Waals surface area contributed by atoms with Gasteiger partial charge >= 0.3 is 0 Å². The first-order valence-corrected chi connectivity index (χ1v) is 10.8. The van der Waals surface area contributed by atoms with Crippen LogP contribution in [0.2, 0.25) is 0 Å². The SMILES string of the molecule is C[C@H](C(=O)Nc1cccc(Br)c1)N1CCN(c2ccc([N+](=O)[O-])c3cnccc23)CC1. The molecule has 1 saturated heterocycles. The Bertz CT molecular complexity index is 1130. The molecule has 0 unspecified atom stereocenters. The highest BCUT2D eigenvalue weighted by Crippen LogP contribution is 2.33. The zero-order chi connectivity index (χ0) is 22.0. The quantitative estimate of drug-likeness (QED) is 0.434. The van der Waals surface area contributed by atoms with Gasteiger partial charge < -0.3 is 10.2 Å². The number of carbonyl (C=O) groups excluding carboxylic acids is 1. The molecule has 9 heteroatoms. The molecule has 0 saturated carbocycles. The van der Waals surface area contributed by atoms with Gasteiger partial charge in [0.25, 0.3) is 5.69 Å². The lowest BCUT2D eigenvalue weighted by atomic mass is 10.1. The number of pyridine rings is 1. The summed E-state index contributed by atoms with van der Waals surface area (Å²) in [5, 5.41) is 15.7. The number of hydrogen-bond acceptors (Lipinski definition) is 6. The summed E-state index contributed by atoms with van der Waals surface area (Å²) in [6, 6.07) is 12.4. The summed E-state index contributed by atoms with van der Waals surface area (Å²) < 4.78 is 0.914. The average molecular weight is 484 g/mol. The molecular formula is C22H22BrN5O3. The summed E-state index contributed by atoms with van der Waals surface area (Å²) >= 11 is 3.42. The summed E-state index contributed by atoms with van der Waals surface area (Å²) in [5.74, 6) is -0.0431. The number of hydrogen-bond donors (Lipinski definition) is 1. The van der Waals surface area contributed by atoms with Crippen LogP contribution in [0, 0.1) is 10.1 Å². The van der Waals surface area contributed by atoms with Crippen molar-refractivity contribution in [3.63, 3.8) is 0 Å². The van der Waals surface area contributed by atoms with E-state index in [1.807, 2.05) is 37.3 Å². The van der Waals surface area contributed by atoms with Crippen molar-refractivity contribution in [2.75, 3.05) is 36.4 Å². The fourth-order valence-electron chi connectivity index (χ4n) is 3.92. The van der Waals surface area contributed by atoms with Crippen molar-refractivity contribution in [3.05, 3.63) is 69.4 Å². The Balaban J connectivity index is 1.45. The molecule has 1 amide bonds. The molecule has 31 heavy (non-hydrogen) atoms. The lowest BCUT2D eigenvalue weighted by molar-refractivity contribution is -0.383. The van der Waals surface area contributed by atoms with Gasteiger partial charge in [-0.25, -0.2) is 0 Å². The number of carbonyl (C=O) groups is 1. The van der Waals surface area contributed by atoms with Crippen molar-refractivity contribution < 1.29 is 9.72 Å². The van der Waals surface area contributed by atoms with Crippen LogP contribution >= 0.6 is 15.9 Å². The van der Waals surface area contributed by atoms with E-state index in [0.29, 0.717) is 5.39 Å². The lowest BCUT2D eigenvalue weighted by Gasteiger charge is -2.38. The molecule has 2 aromatic carbocycles. The summed E-state index contributed by atoms with van der Waals surface area (Å²) in [7, 11) is 0. The summed E-state index contributed by atoms with van der Waals surface area (Å²) in [6.45, 7) is 4.80. The van der Waals surface area contributed by atoms with E-state index in [0.717, 1.165) is 47.4 Å². The molecule has 0 radical (unpaired) electrons. The smallest absolute Gasteiger partial charge is 0.278 e. The molecule has 1 aromatic heterocycles. The van der Waals surface area contributed by atoms with E-state index >= 15 is 0 Å². The molecule has 0 aliphatic carbocycles. The minimum Gasteiger partial charge on any atom is -0.368 e. The van der Waals surface area contributed by atoms with E-state index in [4.69, 9.17) is 0 Å². The number of anilines is 2. The Morgan fingerprint density at radius 3 is 2.65 bits per heavy atom. The van der Waals surface area contributed by atoms with Gasteiger partial charge in [-0.1, -0.05) is 22.0 Å². The maximum Gasteiger partial charge on any atom is 0.278 e. The lowest BCUT2D eigenvalue weighted by Crippen LogP contribution is -2.52. The first-order valence-electron chi connectivity index (χ1n) is 10.0. The van der Waals surface area contributed by atoms with Crippen LogP contribution in [0.25, 0.3) is 10.8 Å². The second-order valence-electron chi connectivity index (χ2n) is 7.48. The molecule has 2 heterocycles. The minimum atomic E-state index is -0.378. The van der Waals surface area contributed by atoms with Gasteiger partial charge in [0.15, 0.2) is 0 Å². The predicted octanol–water partition coefficient (Wildman–Crippen LogP) is 4.05. The molecule has 1 N–H and O–H groups in total. The van der Waals surface area contributed by atoms with Gasteiger partial charge in [-0.15, -0.1) is 0 Å². The number of nitrogens with zero attached hydrogens (tertiary/aromatic N) is 4. The maximum absolute atomic E-state index is 12.7. The summed E-state index contributed by atoms with van der Waals surface area (Å²) in [6.07, 6.45) is 3.20. The van der Waals surface area contributed by atoms with Gasteiger partial charge in [0, 0.05) is 65.9 Å². The van der Waals surface area contributed by atoms with Crippen LogP contribution in [0.3, 0.4) is 0 Å². The molecule has 1 fully saturated rings. The second-order valence-corrected chi connectivity index (χ2v) is 8.40. The number of nitrogens with one attached hydrogen (secondary N) is 1. The van der Waals surface area contributed by atoms with Crippen molar-refractivity contribution in [3.8, 4) is 0 Å². The van der Waals surface area contributed by atoms with Crippen molar-refractivity contribution in [1.82, 2.24) is 9.88 Å². The van der Waals surface area contributed by atoms with E-state index in [1.165, 1.54) is 0 Å². The second kappa shape index (κ2) is 8.99. The van der Waals surface area contributed by atoms with E-state index < -0.39 is 0 Å². The highest BCUT2D eigenvalue weighted by molar-refractivity contribution is 9.10. The number of amides is 1. The Hall–Kier alpha value is -3.04. The van der Waals surface area contributed by atoms with Gasteiger partial charge in [-0.2, -0.15) is 0 Å². The number of rotatable bonds is 5. The Morgan fingerprint density at radius 1 is 1.16 bits per heavy atom. The van der Waals surface area contributed by atoms with Gasteiger partial charge in [-0.3, -0.25) is 24.8 Å². The number of aromatic nitrogens is 1. The highest BCUT2D eigenvalue weighted by Gasteiger charge is 2.27. The standard InChI is InChI=1S/C22H22BrN5O3/c1-15(22(29)25-17-4-2-3-16(23)13-17)26-9-11-27(12-10-26)20-5-6-21(28(30)31)19-14-24-8-7-18(19)20/h2-8,13-15H,9-12H2,1H3,(H,25,29)/t15-/m1/s1. The Labute approximate surface area is 188 Å². The summed E-state index contributed by atoms with van der Waals surface area (Å²) in [5.41, 5.74) is 1.77. The largest absolute Gasteiger partial charge is 0.368 e. The van der Waals surface area contributed by atoms with Gasteiger partial charge in [0.05, 0.1) is 16.4 Å². The molecular weight excluding hydrogens is 462 g/mol. The van der Waals surface area contributed by atoms with Crippen LogP contribution in [0.15, 0.2) is 59.3 Å². The van der Waals surface area contributed by atoms with E-state index in [1.54, 1.807) is 24.5 Å². The van der Waals surface area contributed by atoms with Crippen molar-refractivity contribution in [1.29, 1.82) is 0 Å². The number of piperazine rings is 1. The molecule has 1 aliphatic heterocycles. The number of non-ortho nitro benzene ring substituents is 1. The fourth-order valence-corrected chi connectivity index (χ4v) is 4.32. The first-order chi connectivity index (χ1) is 14.9. The normalized spacial score (nSPS) is 15.6. The van der Waals surface area contributed by atoms with Crippen LogP contribution in [-0.2, 0) is 4.79 Å². The number of halogens is 1. The van der Waals surface area contributed by atoms with E-state index in [2.05, 4.69) is 36.0 Å². The third-order valence-corrected chi connectivity index (χ3v) is 6.14. The van der Waals surface area contributed by atoms with Crippen molar-refractivity contribution in [2.24, 2.45) is 0 Å². The zero-order valence-electron chi connectivity index (χ0n) is 17.0. The average Bonchev–Trinajstić information content (AvgIpc) is 2.78. The molecule has 160 valence electrons. The van der Waals surface area contributed by atoms with Gasteiger partial charge in [0.2, 0.25) is 5.91 Å². The number of fused-ring (bicyclic) bond motifs is 1. The van der Waals surface area contributed by atoms with Crippen molar-refractivity contribution >= 4 is 49.7 Å². The predicted molar refractivity (Wildman–Crippen MR) is 124 cm³/mol. The van der Waals surface area contributed by atoms with Crippen LogP contribution in [0.1, 0.15) is 6.92 Å². The number of nitro groups is 1. The third kappa shape index (κ3) is 4.52. The molecule has 1 atom stereocenters. The molecule has 0 spiro atoms. The Morgan fingerprint density at radius 2 is 1.94 bits per heavy atom. The van der Waals surface area contributed by atoms with Gasteiger partial charge in [-0.05, 0) is 37.3 Å². The topological polar surface area (TPSA) is 91.6 Å². The van der Waals surface area contributed by atoms with Crippen LogP contribution in [0.5, 0.6) is 0 Å². The molecule has 8 nitrogen and oxygen atoms in total. The third-order valence-electron chi connectivity index (χ3n) is 5.64. The highest BCUT2D eigenvalue weighted by atomic mass is 79.9. The Kier molecular flexibility index (Phi) is 6.15.